The van der Waals surface area contributed by atoms with Crippen molar-refractivity contribution in [3.63, 3.8) is 0 Å². The van der Waals surface area contributed by atoms with Gasteiger partial charge in [-0.2, -0.15) is 5.10 Å². The van der Waals surface area contributed by atoms with Crippen LogP contribution in [-0.4, -0.2) is 30.5 Å². The molecule has 0 radical (unpaired) electrons. The van der Waals surface area contributed by atoms with Crippen molar-refractivity contribution in [2.75, 3.05) is 11.5 Å². The lowest BCUT2D eigenvalue weighted by atomic mass is 9.95. The van der Waals surface area contributed by atoms with Crippen LogP contribution >= 0.6 is 0 Å². The fraction of sp³-hybridized carbons (Fsp3) is 0.333. The SMILES string of the molecule is CC1C(=O)NN=C2COc3cc(-c4ccccc4)c(OC4CCC4)cc3N21. The minimum Gasteiger partial charge on any atom is -0.490 e. The molecule has 1 fully saturated rings. The average Bonchev–Trinajstić information content (AvgIpc) is 2.67. The number of carbonyl (C=O) groups excluding carboxylic acids is 1. The van der Waals surface area contributed by atoms with E-state index in [4.69, 9.17) is 9.47 Å². The second-order valence-electron chi connectivity index (χ2n) is 7.19. The van der Waals surface area contributed by atoms with Gasteiger partial charge in [0.05, 0.1) is 11.8 Å². The molecule has 1 unspecified atom stereocenters. The Morgan fingerprint density at radius 2 is 2.04 bits per heavy atom. The Hall–Kier alpha value is -3.02. The largest absolute Gasteiger partial charge is 0.490 e. The van der Waals surface area contributed by atoms with Crippen molar-refractivity contribution in [3.05, 3.63) is 42.5 Å². The standard InChI is InChI=1S/C21H21N3O3/c1-13-21(25)23-22-20-12-26-19-10-16(14-6-3-2-4-7-14)18(11-17(19)24(13)20)27-15-8-5-9-15/h2-4,6-7,10-11,13,15H,5,8-9,12H2,1H3,(H,23,25). The number of hydrazone groups is 1. The number of hydrogen-bond donors (Lipinski definition) is 1. The lowest BCUT2D eigenvalue weighted by Gasteiger charge is -2.38. The van der Waals surface area contributed by atoms with Crippen molar-refractivity contribution >= 4 is 17.4 Å². The van der Waals surface area contributed by atoms with Gasteiger partial charge in [0, 0.05) is 11.6 Å². The van der Waals surface area contributed by atoms with Crippen LogP contribution in [-0.2, 0) is 4.79 Å². The van der Waals surface area contributed by atoms with Crippen LogP contribution in [0.15, 0.2) is 47.6 Å². The van der Waals surface area contributed by atoms with Gasteiger partial charge in [-0.05, 0) is 37.8 Å². The molecule has 2 aliphatic heterocycles. The summed E-state index contributed by atoms with van der Waals surface area (Å²) >= 11 is 0. The van der Waals surface area contributed by atoms with E-state index >= 15 is 0 Å². The van der Waals surface area contributed by atoms with E-state index in [-0.39, 0.29) is 18.1 Å². The van der Waals surface area contributed by atoms with Crippen LogP contribution in [0.5, 0.6) is 11.5 Å². The lowest BCUT2D eigenvalue weighted by Crippen LogP contribution is -2.55. The number of rotatable bonds is 3. The quantitative estimate of drug-likeness (QED) is 0.909. The Morgan fingerprint density at radius 1 is 1.22 bits per heavy atom. The summed E-state index contributed by atoms with van der Waals surface area (Å²) in [6.07, 6.45) is 3.62. The third-order valence-corrected chi connectivity index (χ3v) is 5.45. The topological polar surface area (TPSA) is 63.2 Å². The fourth-order valence-electron chi connectivity index (χ4n) is 3.66. The number of anilines is 1. The number of fused-ring (bicyclic) bond motifs is 3. The molecule has 1 saturated carbocycles. The maximum Gasteiger partial charge on any atom is 0.262 e. The smallest absolute Gasteiger partial charge is 0.262 e. The van der Waals surface area contributed by atoms with Gasteiger partial charge in [0.2, 0.25) is 0 Å². The number of hydrogen-bond acceptors (Lipinski definition) is 5. The van der Waals surface area contributed by atoms with Crippen LogP contribution in [0, 0.1) is 0 Å². The molecule has 27 heavy (non-hydrogen) atoms. The molecule has 0 spiro atoms. The van der Waals surface area contributed by atoms with E-state index < -0.39 is 0 Å². The zero-order valence-electron chi connectivity index (χ0n) is 15.1. The van der Waals surface area contributed by atoms with Gasteiger partial charge in [0.25, 0.3) is 5.91 Å². The zero-order chi connectivity index (χ0) is 18.4. The summed E-state index contributed by atoms with van der Waals surface area (Å²) in [7, 11) is 0. The van der Waals surface area contributed by atoms with Crippen molar-refractivity contribution in [1.29, 1.82) is 0 Å². The number of amides is 1. The predicted molar refractivity (Wildman–Crippen MR) is 103 cm³/mol. The molecule has 1 N–H and O–H groups in total. The van der Waals surface area contributed by atoms with Crippen LogP contribution in [0.2, 0.25) is 0 Å². The van der Waals surface area contributed by atoms with Crippen LogP contribution in [0.4, 0.5) is 5.69 Å². The fourth-order valence-corrected chi connectivity index (χ4v) is 3.66. The van der Waals surface area contributed by atoms with Crippen LogP contribution in [0.25, 0.3) is 11.1 Å². The number of amidine groups is 1. The summed E-state index contributed by atoms with van der Waals surface area (Å²) in [5.74, 6) is 2.15. The first-order valence-corrected chi connectivity index (χ1v) is 9.39. The van der Waals surface area contributed by atoms with E-state index in [1.54, 1.807) is 0 Å². The summed E-state index contributed by atoms with van der Waals surface area (Å²) in [5, 5.41) is 4.16. The molecule has 6 heteroatoms. The number of nitrogens with zero attached hydrogens (tertiary/aromatic N) is 2. The molecule has 1 atom stereocenters. The Bertz CT molecular complexity index is 922. The molecule has 2 heterocycles. The number of ether oxygens (including phenoxy) is 2. The molecule has 0 saturated heterocycles. The lowest BCUT2D eigenvalue weighted by molar-refractivity contribution is -0.122. The Labute approximate surface area is 157 Å². The van der Waals surface area contributed by atoms with Crippen LogP contribution in [0.3, 0.4) is 0 Å². The normalized spacial score (nSPS) is 21.2. The van der Waals surface area contributed by atoms with Crippen LogP contribution < -0.4 is 19.8 Å². The van der Waals surface area contributed by atoms with Crippen LogP contribution in [0.1, 0.15) is 26.2 Å². The molecule has 6 nitrogen and oxygen atoms in total. The maximum absolute atomic E-state index is 12.1. The maximum atomic E-state index is 12.1. The van der Waals surface area contributed by atoms with Gasteiger partial charge in [-0.25, -0.2) is 5.43 Å². The first-order valence-electron chi connectivity index (χ1n) is 9.39. The van der Waals surface area contributed by atoms with Crippen molar-refractivity contribution in [2.45, 2.75) is 38.3 Å². The summed E-state index contributed by atoms with van der Waals surface area (Å²) in [4.78, 5) is 14.1. The molecule has 138 valence electrons. The number of carbonyl (C=O) groups is 1. The monoisotopic (exact) mass is 363 g/mol. The highest BCUT2D eigenvalue weighted by Crippen LogP contribution is 2.44. The highest BCUT2D eigenvalue weighted by molar-refractivity contribution is 6.09. The van der Waals surface area contributed by atoms with E-state index in [1.165, 1.54) is 6.42 Å². The molecule has 2 aromatic carbocycles. The van der Waals surface area contributed by atoms with Gasteiger partial charge in [0.1, 0.15) is 24.1 Å². The van der Waals surface area contributed by atoms with E-state index in [0.717, 1.165) is 41.2 Å². The van der Waals surface area contributed by atoms with Gasteiger partial charge in [-0.3, -0.25) is 4.79 Å². The number of nitrogens with one attached hydrogen (secondary N) is 1. The van der Waals surface area contributed by atoms with Gasteiger partial charge < -0.3 is 14.4 Å². The molecule has 2 aromatic rings. The summed E-state index contributed by atoms with van der Waals surface area (Å²) < 4.78 is 12.3. The highest BCUT2D eigenvalue weighted by Gasteiger charge is 2.36. The summed E-state index contributed by atoms with van der Waals surface area (Å²) in [6, 6.07) is 13.9. The minimum atomic E-state index is -0.348. The molecular weight excluding hydrogens is 342 g/mol. The second kappa shape index (κ2) is 6.30. The third-order valence-electron chi connectivity index (χ3n) is 5.45. The summed E-state index contributed by atoms with van der Waals surface area (Å²) in [5.41, 5.74) is 5.49. The Kier molecular flexibility index (Phi) is 3.77. The molecule has 3 aliphatic rings. The van der Waals surface area contributed by atoms with E-state index in [0.29, 0.717) is 12.4 Å². The van der Waals surface area contributed by atoms with E-state index in [2.05, 4.69) is 22.7 Å². The van der Waals surface area contributed by atoms with Gasteiger partial charge in [-0.15, -0.1) is 0 Å². The van der Waals surface area contributed by atoms with Crippen molar-refractivity contribution in [1.82, 2.24) is 5.43 Å². The summed E-state index contributed by atoms with van der Waals surface area (Å²) in [6.45, 7) is 2.20. The number of benzene rings is 2. The highest BCUT2D eigenvalue weighted by atomic mass is 16.5. The molecule has 0 bridgehead atoms. The molecule has 5 rings (SSSR count). The first-order chi connectivity index (χ1) is 13.2. The third kappa shape index (κ3) is 2.72. The van der Waals surface area contributed by atoms with E-state index in [1.807, 2.05) is 42.2 Å². The average molecular weight is 363 g/mol. The van der Waals surface area contributed by atoms with Gasteiger partial charge >= 0.3 is 0 Å². The molecular formula is C21H21N3O3. The Morgan fingerprint density at radius 3 is 2.78 bits per heavy atom. The minimum absolute atomic E-state index is 0.125. The van der Waals surface area contributed by atoms with E-state index in [9.17, 15) is 4.79 Å². The Balaban J connectivity index is 1.63. The van der Waals surface area contributed by atoms with Crippen molar-refractivity contribution < 1.29 is 14.3 Å². The van der Waals surface area contributed by atoms with Crippen molar-refractivity contribution in [2.24, 2.45) is 5.10 Å². The van der Waals surface area contributed by atoms with Gasteiger partial charge in [-0.1, -0.05) is 30.3 Å². The predicted octanol–water partition coefficient (Wildman–Crippen LogP) is 3.32. The van der Waals surface area contributed by atoms with Gasteiger partial charge in [0.15, 0.2) is 5.84 Å². The molecule has 1 amide bonds. The van der Waals surface area contributed by atoms with Crippen molar-refractivity contribution in [3.8, 4) is 22.6 Å². The zero-order valence-corrected chi connectivity index (χ0v) is 15.1. The molecule has 0 aromatic heterocycles. The first kappa shape index (κ1) is 16.2. The molecule has 1 aliphatic carbocycles. The second-order valence-corrected chi connectivity index (χ2v) is 7.19.